The van der Waals surface area contributed by atoms with Crippen LogP contribution in [0.4, 0.5) is 19.0 Å². The van der Waals surface area contributed by atoms with Crippen LogP contribution in [0.2, 0.25) is 0 Å². The van der Waals surface area contributed by atoms with Gasteiger partial charge in [-0.25, -0.2) is 15.0 Å². The summed E-state index contributed by atoms with van der Waals surface area (Å²) in [5.74, 6) is 0.462. The molecule has 4 N–H and O–H groups in total. The molecule has 1 aliphatic rings. The maximum atomic E-state index is 13.3. The molecule has 8 nitrogen and oxygen atoms in total. The molecule has 0 saturated carbocycles. The molecule has 11 heteroatoms. The Hall–Kier alpha value is -3.57. The number of aliphatic hydroxyl groups is 1. The number of halogens is 3. The average Bonchev–Trinajstić information content (AvgIpc) is 3.37. The Labute approximate surface area is 180 Å². The minimum Gasteiger partial charge on any atom is -0.383 e. The molecule has 4 aromatic heterocycles. The number of nitrogens with two attached hydrogens (primary N) is 1. The van der Waals surface area contributed by atoms with Gasteiger partial charge in [-0.2, -0.15) is 13.2 Å². The summed E-state index contributed by atoms with van der Waals surface area (Å²) in [5, 5.41) is 13.8. The van der Waals surface area contributed by atoms with Crippen molar-refractivity contribution < 1.29 is 18.3 Å². The molecule has 1 atom stereocenters. The summed E-state index contributed by atoms with van der Waals surface area (Å²) in [5.41, 5.74) is 5.52. The van der Waals surface area contributed by atoms with Gasteiger partial charge in [0.05, 0.1) is 23.1 Å². The zero-order valence-electron chi connectivity index (χ0n) is 16.6. The van der Waals surface area contributed by atoms with Crippen molar-refractivity contribution in [3.8, 4) is 17.1 Å². The van der Waals surface area contributed by atoms with E-state index in [1.54, 1.807) is 24.3 Å². The van der Waals surface area contributed by atoms with Crippen molar-refractivity contribution in [1.29, 1.82) is 0 Å². The van der Waals surface area contributed by atoms with E-state index in [4.69, 9.17) is 5.73 Å². The molecule has 1 aliphatic heterocycles. The maximum absolute atomic E-state index is 13.3. The molecular weight excluding hydrogens is 423 g/mol. The van der Waals surface area contributed by atoms with Crippen LogP contribution < -0.4 is 11.1 Å². The van der Waals surface area contributed by atoms with E-state index in [-0.39, 0.29) is 22.8 Å². The summed E-state index contributed by atoms with van der Waals surface area (Å²) >= 11 is 0. The summed E-state index contributed by atoms with van der Waals surface area (Å²) in [7, 11) is 0. The first-order valence-electron chi connectivity index (χ1n) is 9.84. The molecule has 0 aliphatic carbocycles. The summed E-state index contributed by atoms with van der Waals surface area (Å²) < 4.78 is 41.5. The Bertz CT molecular complexity index is 1300. The Balaban J connectivity index is 1.72. The van der Waals surface area contributed by atoms with Crippen molar-refractivity contribution in [2.24, 2.45) is 0 Å². The Morgan fingerprint density at radius 3 is 2.59 bits per heavy atom. The highest BCUT2D eigenvalue weighted by Crippen LogP contribution is 2.34. The molecule has 1 saturated heterocycles. The highest BCUT2D eigenvalue weighted by molar-refractivity contribution is 5.82. The number of rotatable bonds is 3. The molecule has 5 rings (SSSR count). The first kappa shape index (κ1) is 20.3. The number of pyridine rings is 3. The van der Waals surface area contributed by atoms with Crippen LogP contribution in [0.5, 0.6) is 0 Å². The zero-order valence-corrected chi connectivity index (χ0v) is 16.6. The van der Waals surface area contributed by atoms with E-state index in [9.17, 15) is 18.3 Å². The SMILES string of the molecule is Nc1ncccc1-c1nc2ccc(C(F)(F)F)nc2n1-c1ccc(C2(O)CCNC2)nc1. The van der Waals surface area contributed by atoms with E-state index in [1.165, 1.54) is 23.0 Å². The third-order valence-corrected chi connectivity index (χ3v) is 5.49. The number of anilines is 1. The fraction of sp³-hybridized carbons (Fsp3) is 0.238. The quantitative estimate of drug-likeness (QED) is 0.448. The standard InChI is InChI=1S/C21H18F3N7O/c22-21(23,24)16-6-4-14-19(30-16)31(18(29-14)13-2-1-8-27-17(13)25)12-3-5-15(28-10-12)20(32)7-9-26-11-20/h1-6,8,10,26,32H,7,9,11H2,(H2,25,27). The second-order valence-electron chi connectivity index (χ2n) is 7.60. The van der Waals surface area contributed by atoms with Gasteiger partial charge in [-0.1, -0.05) is 0 Å². The van der Waals surface area contributed by atoms with E-state index in [0.717, 1.165) is 6.07 Å². The van der Waals surface area contributed by atoms with Gasteiger partial charge < -0.3 is 16.2 Å². The van der Waals surface area contributed by atoms with E-state index in [0.29, 0.717) is 36.5 Å². The van der Waals surface area contributed by atoms with E-state index in [2.05, 4.69) is 25.3 Å². The van der Waals surface area contributed by atoms with Gasteiger partial charge in [-0.3, -0.25) is 9.55 Å². The van der Waals surface area contributed by atoms with Gasteiger partial charge in [0.25, 0.3) is 0 Å². The van der Waals surface area contributed by atoms with Crippen LogP contribution in [-0.2, 0) is 11.8 Å². The molecule has 0 amide bonds. The number of nitrogens with zero attached hydrogens (tertiary/aromatic N) is 5. The monoisotopic (exact) mass is 441 g/mol. The number of β-amino-alcohol motifs (C(OH)–C–C–N with tert-alkyl or cyclic N) is 1. The van der Waals surface area contributed by atoms with Gasteiger partial charge in [0, 0.05) is 12.7 Å². The molecule has 1 unspecified atom stereocenters. The van der Waals surface area contributed by atoms with Crippen molar-refractivity contribution in [3.05, 3.63) is 60.2 Å². The number of imidazole rings is 1. The van der Waals surface area contributed by atoms with Crippen LogP contribution in [0.25, 0.3) is 28.2 Å². The fourth-order valence-corrected chi connectivity index (χ4v) is 3.84. The lowest BCUT2D eigenvalue weighted by Gasteiger charge is -2.21. The van der Waals surface area contributed by atoms with Crippen LogP contribution in [0.1, 0.15) is 17.8 Å². The smallest absolute Gasteiger partial charge is 0.383 e. The molecule has 5 heterocycles. The lowest BCUT2D eigenvalue weighted by atomic mass is 9.98. The van der Waals surface area contributed by atoms with Crippen LogP contribution in [0, 0.1) is 0 Å². The molecular formula is C21H18F3N7O. The van der Waals surface area contributed by atoms with Crippen molar-refractivity contribution in [3.63, 3.8) is 0 Å². The fourth-order valence-electron chi connectivity index (χ4n) is 3.84. The molecule has 0 bridgehead atoms. The van der Waals surface area contributed by atoms with Crippen molar-refractivity contribution in [2.75, 3.05) is 18.8 Å². The zero-order chi connectivity index (χ0) is 22.5. The number of hydrogen-bond donors (Lipinski definition) is 3. The number of aromatic nitrogens is 5. The first-order valence-corrected chi connectivity index (χ1v) is 9.84. The van der Waals surface area contributed by atoms with E-state index >= 15 is 0 Å². The Morgan fingerprint density at radius 1 is 1.09 bits per heavy atom. The highest BCUT2D eigenvalue weighted by atomic mass is 19.4. The molecule has 0 spiro atoms. The topological polar surface area (TPSA) is 115 Å². The van der Waals surface area contributed by atoms with Crippen molar-refractivity contribution in [2.45, 2.75) is 18.2 Å². The lowest BCUT2D eigenvalue weighted by molar-refractivity contribution is -0.141. The normalized spacial score (nSPS) is 19.0. The van der Waals surface area contributed by atoms with Gasteiger partial charge in [0.2, 0.25) is 0 Å². The summed E-state index contributed by atoms with van der Waals surface area (Å²) in [6.45, 7) is 1.04. The van der Waals surface area contributed by atoms with Crippen molar-refractivity contribution >= 4 is 17.0 Å². The van der Waals surface area contributed by atoms with E-state index < -0.39 is 17.5 Å². The number of alkyl halides is 3. The average molecular weight is 441 g/mol. The molecule has 0 radical (unpaired) electrons. The molecule has 4 aromatic rings. The van der Waals surface area contributed by atoms with Crippen molar-refractivity contribution in [1.82, 2.24) is 29.8 Å². The predicted molar refractivity (Wildman–Crippen MR) is 111 cm³/mol. The van der Waals surface area contributed by atoms with Crippen LogP contribution >= 0.6 is 0 Å². The summed E-state index contributed by atoms with van der Waals surface area (Å²) in [6.07, 6.45) is -1.11. The van der Waals surface area contributed by atoms with Crippen LogP contribution in [0.3, 0.4) is 0 Å². The predicted octanol–water partition coefficient (Wildman–Crippen LogP) is 2.66. The van der Waals surface area contributed by atoms with Gasteiger partial charge in [-0.15, -0.1) is 0 Å². The third kappa shape index (κ3) is 3.35. The largest absolute Gasteiger partial charge is 0.433 e. The first-order chi connectivity index (χ1) is 15.3. The Morgan fingerprint density at radius 2 is 1.94 bits per heavy atom. The molecule has 164 valence electrons. The second-order valence-corrected chi connectivity index (χ2v) is 7.60. The molecule has 0 aromatic carbocycles. The van der Waals surface area contributed by atoms with Gasteiger partial charge >= 0.3 is 6.18 Å². The minimum atomic E-state index is -4.61. The maximum Gasteiger partial charge on any atom is 0.433 e. The van der Waals surface area contributed by atoms with Gasteiger partial charge in [0.1, 0.15) is 22.6 Å². The summed E-state index contributed by atoms with van der Waals surface area (Å²) in [6, 6.07) is 8.82. The summed E-state index contributed by atoms with van der Waals surface area (Å²) in [4.78, 5) is 16.8. The number of nitrogen functional groups attached to an aromatic ring is 1. The minimum absolute atomic E-state index is 0.00822. The number of hydrogen-bond acceptors (Lipinski definition) is 7. The van der Waals surface area contributed by atoms with Crippen LogP contribution in [0.15, 0.2) is 48.8 Å². The highest BCUT2D eigenvalue weighted by Gasteiger charge is 2.35. The molecule has 32 heavy (non-hydrogen) atoms. The third-order valence-electron chi connectivity index (χ3n) is 5.49. The Kier molecular flexibility index (Phi) is 4.60. The van der Waals surface area contributed by atoms with E-state index in [1.807, 2.05) is 0 Å². The lowest BCUT2D eigenvalue weighted by Crippen LogP contribution is -2.29. The molecule has 1 fully saturated rings. The number of nitrogens with one attached hydrogen (secondary N) is 1. The second kappa shape index (κ2) is 7.24. The van der Waals surface area contributed by atoms with Gasteiger partial charge in [0.15, 0.2) is 11.5 Å². The van der Waals surface area contributed by atoms with Gasteiger partial charge in [-0.05, 0) is 49.4 Å². The van der Waals surface area contributed by atoms with Crippen LogP contribution in [-0.4, -0.2) is 42.7 Å². The number of fused-ring (bicyclic) bond motifs is 1.